The maximum absolute atomic E-state index is 13.1. The van der Waals surface area contributed by atoms with Gasteiger partial charge in [-0.15, -0.1) is 0 Å². The number of benzene rings is 1. The largest absolute Gasteiger partial charge is 0.363 e. The molecular weight excluding hydrogens is 411 g/mol. The summed E-state index contributed by atoms with van der Waals surface area (Å²) in [6.07, 6.45) is 1.88. The average Bonchev–Trinajstić information content (AvgIpc) is 2.75. The normalized spacial score (nSPS) is 16.5. The lowest BCUT2D eigenvalue weighted by molar-refractivity contribution is -0.128. The van der Waals surface area contributed by atoms with Gasteiger partial charge in [-0.25, -0.2) is 14.4 Å². The molecule has 0 aliphatic carbocycles. The third-order valence-electron chi connectivity index (χ3n) is 5.54. The first-order valence-corrected chi connectivity index (χ1v) is 10.8. The van der Waals surface area contributed by atoms with E-state index in [-0.39, 0.29) is 30.1 Å². The van der Waals surface area contributed by atoms with Gasteiger partial charge in [0.05, 0.1) is 18.8 Å². The van der Waals surface area contributed by atoms with Crippen LogP contribution in [0.15, 0.2) is 30.3 Å². The molecular formula is C23H31FN6O2. The Morgan fingerprint density at radius 3 is 2.56 bits per heavy atom. The SMILES string of the molecule is CC(=O)N(C)Cc1cc(N(C)C)nc(C2CCCN(CC(=O)Nc3ccc(F)cc3)C2)n1. The number of aromatic nitrogens is 2. The van der Waals surface area contributed by atoms with Crippen molar-refractivity contribution in [2.75, 3.05) is 51.0 Å². The van der Waals surface area contributed by atoms with E-state index in [1.165, 1.54) is 19.1 Å². The van der Waals surface area contributed by atoms with E-state index in [0.717, 1.165) is 36.7 Å². The Morgan fingerprint density at radius 2 is 1.91 bits per heavy atom. The molecule has 2 amide bonds. The van der Waals surface area contributed by atoms with E-state index in [1.54, 1.807) is 24.1 Å². The van der Waals surface area contributed by atoms with E-state index in [0.29, 0.717) is 18.8 Å². The van der Waals surface area contributed by atoms with E-state index in [2.05, 4.69) is 10.2 Å². The van der Waals surface area contributed by atoms with Crippen LogP contribution in [0, 0.1) is 5.82 Å². The molecule has 1 atom stereocenters. The fraction of sp³-hybridized carbons (Fsp3) is 0.478. The second-order valence-corrected chi connectivity index (χ2v) is 8.47. The summed E-state index contributed by atoms with van der Waals surface area (Å²) >= 11 is 0. The molecule has 1 fully saturated rings. The van der Waals surface area contributed by atoms with Gasteiger partial charge in [-0.3, -0.25) is 14.5 Å². The molecule has 1 unspecified atom stereocenters. The molecule has 32 heavy (non-hydrogen) atoms. The quantitative estimate of drug-likeness (QED) is 0.710. The van der Waals surface area contributed by atoms with E-state index < -0.39 is 0 Å². The third-order valence-corrected chi connectivity index (χ3v) is 5.54. The highest BCUT2D eigenvalue weighted by atomic mass is 19.1. The Balaban J connectivity index is 1.69. The number of rotatable bonds is 7. The van der Waals surface area contributed by atoms with Crippen molar-refractivity contribution in [2.45, 2.75) is 32.2 Å². The maximum atomic E-state index is 13.1. The summed E-state index contributed by atoms with van der Waals surface area (Å²) in [6, 6.07) is 7.64. The molecule has 0 saturated carbocycles. The third kappa shape index (κ3) is 6.46. The first kappa shape index (κ1) is 23.6. The first-order valence-electron chi connectivity index (χ1n) is 10.8. The van der Waals surface area contributed by atoms with E-state index in [4.69, 9.17) is 9.97 Å². The second-order valence-electron chi connectivity index (χ2n) is 8.47. The van der Waals surface area contributed by atoms with Crippen LogP contribution in [0.5, 0.6) is 0 Å². The Bertz CT molecular complexity index is 950. The molecule has 8 nitrogen and oxygen atoms in total. The van der Waals surface area contributed by atoms with Gasteiger partial charge in [0.15, 0.2) is 0 Å². The maximum Gasteiger partial charge on any atom is 0.238 e. The summed E-state index contributed by atoms with van der Waals surface area (Å²) in [5.74, 6) is 1.15. The number of nitrogens with zero attached hydrogens (tertiary/aromatic N) is 5. The number of hydrogen-bond donors (Lipinski definition) is 1. The molecule has 3 rings (SSSR count). The minimum absolute atomic E-state index is 0.0208. The van der Waals surface area contributed by atoms with Crippen LogP contribution in [0.2, 0.25) is 0 Å². The van der Waals surface area contributed by atoms with Gasteiger partial charge in [-0.05, 0) is 43.7 Å². The second kappa shape index (κ2) is 10.5. The van der Waals surface area contributed by atoms with Gasteiger partial charge in [0.1, 0.15) is 17.5 Å². The van der Waals surface area contributed by atoms with Gasteiger partial charge in [0, 0.05) is 52.3 Å². The summed E-state index contributed by atoms with van der Waals surface area (Å²) < 4.78 is 13.1. The number of halogens is 1. The van der Waals surface area contributed by atoms with Crippen molar-refractivity contribution < 1.29 is 14.0 Å². The molecule has 1 aliphatic rings. The van der Waals surface area contributed by atoms with Gasteiger partial charge in [-0.2, -0.15) is 0 Å². The molecule has 1 aliphatic heterocycles. The van der Waals surface area contributed by atoms with E-state index >= 15 is 0 Å². The number of carbonyl (C=O) groups excluding carboxylic acids is 2. The predicted octanol–water partition coefficient (Wildman–Crippen LogP) is 2.48. The summed E-state index contributed by atoms with van der Waals surface area (Å²) in [7, 11) is 5.61. The number of carbonyl (C=O) groups is 2. The average molecular weight is 443 g/mol. The molecule has 2 heterocycles. The van der Waals surface area contributed by atoms with Crippen LogP contribution in [0.25, 0.3) is 0 Å². The fourth-order valence-corrected chi connectivity index (χ4v) is 3.70. The van der Waals surface area contributed by atoms with Crippen molar-refractivity contribution in [3.8, 4) is 0 Å². The molecule has 0 radical (unpaired) electrons. The fourth-order valence-electron chi connectivity index (χ4n) is 3.70. The number of likely N-dealkylation sites (tertiary alicyclic amines) is 1. The molecule has 9 heteroatoms. The Morgan fingerprint density at radius 1 is 1.19 bits per heavy atom. The topological polar surface area (TPSA) is 81.7 Å². The molecule has 1 saturated heterocycles. The van der Waals surface area contributed by atoms with Crippen LogP contribution >= 0.6 is 0 Å². The van der Waals surface area contributed by atoms with Crippen LogP contribution in [-0.4, -0.2) is 72.4 Å². The number of anilines is 2. The summed E-state index contributed by atoms with van der Waals surface area (Å²) in [5.41, 5.74) is 1.37. The molecule has 1 N–H and O–H groups in total. The van der Waals surface area contributed by atoms with Gasteiger partial charge in [-0.1, -0.05) is 0 Å². The predicted molar refractivity (Wildman–Crippen MR) is 122 cm³/mol. The molecule has 0 bridgehead atoms. The number of nitrogens with one attached hydrogen (secondary N) is 1. The van der Waals surface area contributed by atoms with Gasteiger partial charge in [0.25, 0.3) is 0 Å². The highest BCUT2D eigenvalue weighted by molar-refractivity contribution is 5.92. The zero-order valence-electron chi connectivity index (χ0n) is 19.1. The highest BCUT2D eigenvalue weighted by Gasteiger charge is 2.26. The zero-order valence-corrected chi connectivity index (χ0v) is 19.1. The van der Waals surface area contributed by atoms with Gasteiger partial charge >= 0.3 is 0 Å². The molecule has 2 aromatic rings. The van der Waals surface area contributed by atoms with Crippen molar-refractivity contribution in [1.82, 2.24) is 19.8 Å². The molecule has 0 spiro atoms. The van der Waals surface area contributed by atoms with Crippen LogP contribution in [0.4, 0.5) is 15.9 Å². The number of amides is 2. The van der Waals surface area contributed by atoms with E-state index in [1.807, 2.05) is 25.1 Å². The van der Waals surface area contributed by atoms with Crippen molar-refractivity contribution in [2.24, 2.45) is 0 Å². The van der Waals surface area contributed by atoms with Crippen LogP contribution in [0.3, 0.4) is 0 Å². The van der Waals surface area contributed by atoms with Crippen LogP contribution in [-0.2, 0) is 16.1 Å². The Labute approximate surface area is 188 Å². The molecule has 1 aromatic carbocycles. The van der Waals surface area contributed by atoms with E-state index in [9.17, 15) is 14.0 Å². The Kier molecular flexibility index (Phi) is 7.74. The monoisotopic (exact) mass is 442 g/mol. The van der Waals surface area contributed by atoms with Crippen molar-refractivity contribution in [1.29, 1.82) is 0 Å². The molecule has 172 valence electrons. The zero-order chi connectivity index (χ0) is 23.3. The summed E-state index contributed by atoms with van der Waals surface area (Å²) in [5, 5.41) is 2.81. The minimum atomic E-state index is -0.337. The van der Waals surface area contributed by atoms with Crippen molar-refractivity contribution in [3.05, 3.63) is 47.7 Å². The summed E-state index contributed by atoms with van der Waals surface area (Å²) in [6.45, 7) is 3.70. The molecule has 1 aromatic heterocycles. The lowest BCUT2D eigenvalue weighted by atomic mass is 9.97. The smallest absolute Gasteiger partial charge is 0.238 e. The highest BCUT2D eigenvalue weighted by Crippen LogP contribution is 2.26. The standard InChI is InChI=1S/C23H31FN6O2/c1-16(31)29(4)14-20-12-21(28(2)3)27-23(26-20)17-6-5-11-30(13-17)15-22(32)25-19-9-7-18(24)8-10-19/h7-10,12,17H,5-6,11,13-15H2,1-4H3,(H,25,32). The Hall–Kier alpha value is -3.07. The lowest BCUT2D eigenvalue weighted by Crippen LogP contribution is -2.40. The number of piperidine rings is 1. The first-order chi connectivity index (χ1) is 15.2. The summed E-state index contributed by atoms with van der Waals surface area (Å²) in [4.78, 5) is 39.3. The van der Waals surface area contributed by atoms with Crippen molar-refractivity contribution >= 4 is 23.3 Å². The minimum Gasteiger partial charge on any atom is -0.363 e. The van der Waals surface area contributed by atoms with Crippen LogP contribution < -0.4 is 10.2 Å². The van der Waals surface area contributed by atoms with Crippen LogP contribution in [0.1, 0.15) is 37.2 Å². The van der Waals surface area contributed by atoms with Crippen molar-refractivity contribution in [3.63, 3.8) is 0 Å². The van der Waals surface area contributed by atoms with Gasteiger partial charge in [0.2, 0.25) is 11.8 Å². The van der Waals surface area contributed by atoms with Gasteiger partial charge < -0.3 is 15.1 Å². The number of hydrogen-bond acceptors (Lipinski definition) is 6. The lowest BCUT2D eigenvalue weighted by Gasteiger charge is -2.32.